The zero-order chi connectivity index (χ0) is 9.14. The van der Waals surface area contributed by atoms with Crippen molar-refractivity contribution in [3.63, 3.8) is 0 Å². The minimum atomic E-state index is 0.680. The van der Waals surface area contributed by atoms with Crippen molar-refractivity contribution in [1.29, 1.82) is 0 Å². The molecule has 0 aromatic carbocycles. The van der Waals surface area contributed by atoms with E-state index in [-0.39, 0.29) is 0 Å². The van der Waals surface area contributed by atoms with Crippen LogP contribution in [0.2, 0.25) is 0 Å². The lowest BCUT2D eigenvalue weighted by Crippen LogP contribution is -2.07. The molecule has 0 fully saturated rings. The first kappa shape index (κ1) is 9.91. The standard InChI is InChI=1S/C11H18S/c1-8(2)10-5-6-12-7-11(10)9(3)4/h5-6,8-9H,7H2,1-4H3. The van der Waals surface area contributed by atoms with E-state index < -0.39 is 0 Å². The first-order chi connectivity index (χ1) is 5.63. The van der Waals surface area contributed by atoms with Gasteiger partial charge in [-0.25, -0.2) is 0 Å². The number of allylic oxidation sites excluding steroid dienone is 2. The van der Waals surface area contributed by atoms with Crippen LogP contribution in [0.25, 0.3) is 0 Å². The Morgan fingerprint density at radius 1 is 1.17 bits per heavy atom. The monoisotopic (exact) mass is 182 g/mol. The van der Waals surface area contributed by atoms with Gasteiger partial charge in [-0.2, -0.15) is 0 Å². The van der Waals surface area contributed by atoms with Crippen molar-refractivity contribution in [3.8, 4) is 0 Å². The molecule has 1 aliphatic rings. The molecule has 0 saturated heterocycles. The summed E-state index contributed by atoms with van der Waals surface area (Å²) in [5, 5.41) is 2.22. The number of rotatable bonds is 2. The second-order valence-corrected chi connectivity index (χ2v) is 4.80. The van der Waals surface area contributed by atoms with Crippen LogP contribution in [0, 0.1) is 11.8 Å². The maximum absolute atomic E-state index is 2.29. The van der Waals surface area contributed by atoms with Gasteiger partial charge in [-0.05, 0) is 22.8 Å². The topological polar surface area (TPSA) is 0 Å². The molecule has 0 N–H and O–H groups in total. The Bertz CT molecular complexity index is 209. The van der Waals surface area contributed by atoms with Crippen molar-refractivity contribution in [3.05, 3.63) is 22.6 Å². The van der Waals surface area contributed by atoms with E-state index in [4.69, 9.17) is 0 Å². The second-order valence-electron chi connectivity index (χ2n) is 3.90. The number of hydrogen-bond donors (Lipinski definition) is 0. The molecule has 0 bridgehead atoms. The fourth-order valence-electron chi connectivity index (χ4n) is 1.51. The van der Waals surface area contributed by atoms with Crippen molar-refractivity contribution in [2.45, 2.75) is 27.7 Å². The number of hydrogen-bond acceptors (Lipinski definition) is 1. The van der Waals surface area contributed by atoms with Crippen molar-refractivity contribution >= 4 is 11.8 Å². The highest BCUT2D eigenvalue weighted by atomic mass is 32.2. The average molecular weight is 182 g/mol. The summed E-state index contributed by atoms with van der Waals surface area (Å²) < 4.78 is 0. The van der Waals surface area contributed by atoms with Gasteiger partial charge < -0.3 is 0 Å². The minimum absolute atomic E-state index is 0.680. The molecule has 12 heavy (non-hydrogen) atoms. The van der Waals surface area contributed by atoms with Crippen LogP contribution in [0.5, 0.6) is 0 Å². The molecule has 1 aliphatic heterocycles. The van der Waals surface area contributed by atoms with Gasteiger partial charge in [-0.15, -0.1) is 11.8 Å². The van der Waals surface area contributed by atoms with Crippen LogP contribution in [-0.4, -0.2) is 5.75 Å². The van der Waals surface area contributed by atoms with Gasteiger partial charge in [0.25, 0.3) is 0 Å². The molecule has 1 heteroatoms. The summed E-state index contributed by atoms with van der Waals surface area (Å²) in [5.41, 5.74) is 3.20. The van der Waals surface area contributed by atoms with Gasteiger partial charge >= 0.3 is 0 Å². The summed E-state index contributed by atoms with van der Waals surface area (Å²) in [4.78, 5) is 0. The number of thioether (sulfide) groups is 1. The molecule has 0 amide bonds. The average Bonchev–Trinajstić information content (AvgIpc) is 2.04. The zero-order valence-electron chi connectivity index (χ0n) is 8.42. The molecule has 0 radical (unpaired) electrons. The Kier molecular flexibility index (Phi) is 3.45. The van der Waals surface area contributed by atoms with Gasteiger partial charge in [0, 0.05) is 5.75 Å². The largest absolute Gasteiger partial charge is 0.130 e. The molecular formula is C11H18S. The van der Waals surface area contributed by atoms with E-state index in [0.717, 1.165) is 0 Å². The van der Waals surface area contributed by atoms with Crippen molar-refractivity contribution in [2.24, 2.45) is 11.8 Å². The summed E-state index contributed by atoms with van der Waals surface area (Å²) >= 11 is 1.91. The third-order valence-corrected chi connectivity index (χ3v) is 3.08. The molecule has 0 aromatic rings. The van der Waals surface area contributed by atoms with Crippen LogP contribution >= 0.6 is 11.8 Å². The first-order valence-corrected chi connectivity index (χ1v) is 5.69. The maximum atomic E-state index is 2.29. The molecule has 68 valence electrons. The Balaban J connectivity index is 2.92. The van der Waals surface area contributed by atoms with E-state index in [1.165, 1.54) is 5.75 Å². The van der Waals surface area contributed by atoms with Crippen LogP contribution in [0.4, 0.5) is 0 Å². The lowest BCUT2D eigenvalue weighted by molar-refractivity contribution is 0.708. The summed E-state index contributed by atoms with van der Waals surface area (Å²) in [7, 11) is 0. The van der Waals surface area contributed by atoms with Crippen molar-refractivity contribution < 1.29 is 0 Å². The highest BCUT2D eigenvalue weighted by molar-refractivity contribution is 8.02. The summed E-state index contributed by atoms with van der Waals surface area (Å²) in [6.45, 7) is 9.13. The summed E-state index contributed by atoms with van der Waals surface area (Å²) in [5.74, 6) is 2.58. The summed E-state index contributed by atoms with van der Waals surface area (Å²) in [6, 6.07) is 0. The second kappa shape index (κ2) is 4.18. The van der Waals surface area contributed by atoms with Gasteiger partial charge in [0.05, 0.1) is 0 Å². The Morgan fingerprint density at radius 3 is 2.25 bits per heavy atom. The van der Waals surface area contributed by atoms with Crippen LogP contribution < -0.4 is 0 Å². The van der Waals surface area contributed by atoms with E-state index >= 15 is 0 Å². The maximum Gasteiger partial charge on any atom is 0.0193 e. The molecule has 0 atom stereocenters. The van der Waals surface area contributed by atoms with Gasteiger partial charge in [-0.3, -0.25) is 0 Å². The lowest BCUT2D eigenvalue weighted by atomic mass is 9.91. The normalized spacial score (nSPS) is 18.2. The van der Waals surface area contributed by atoms with Crippen molar-refractivity contribution in [2.75, 3.05) is 5.75 Å². The summed E-state index contributed by atoms with van der Waals surface area (Å²) in [6.07, 6.45) is 2.29. The third-order valence-electron chi connectivity index (χ3n) is 2.27. The van der Waals surface area contributed by atoms with Gasteiger partial charge in [0.2, 0.25) is 0 Å². The van der Waals surface area contributed by atoms with E-state index in [0.29, 0.717) is 11.8 Å². The SMILES string of the molecule is CC(C)C1=C(C(C)C)CSC=C1. The van der Waals surface area contributed by atoms with E-state index in [1.807, 2.05) is 11.8 Å². The Morgan fingerprint density at radius 2 is 1.83 bits per heavy atom. The van der Waals surface area contributed by atoms with Crippen molar-refractivity contribution in [1.82, 2.24) is 0 Å². The van der Waals surface area contributed by atoms with Crippen LogP contribution in [0.3, 0.4) is 0 Å². The van der Waals surface area contributed by atoms with E-state index in [9.17, 15) is 0 Å². The molecule has 1 heterocycles. The van der Waals surface area contributed by atoms with Crippen LogP contribution in [0.1, 0.15) is 27.7 Å². The zero-order valence-corrected chi connectivity index (χ0v) is 9.24. The van der Waals surface area contributed by atoms with Crippen LogP contribution in [-0.2, 0) is 0 Å². The lowest BCUT2D eigenvalue weighted by Gasteiger charge is -2.21. The van der Waals surface area contributed by atoms with Crippen LogP contribution in [0.15, 0.2) is 22.6 Å². The molecule has 1 rings (SSSR count). The Labute approximate surface area is 80.1 Å². The molecular weight excluding hydrogens is 164 g/mol. The first-order valence-electron chi connectivity index (χ1n) is 4.64. The Hall–Kier alpha value is -0.170. The highest BCUT2D eigenvalue weighted by Gasteiger charge is 2.13. The molecule has 0 spiro atoms. The fraction of sp³-hybridized carbons (Fsp3) is 0.636. The fourth-order valence-corrected chi connectivity index (χ4v) is 2.53. The van der Waals surface area contributed by atoms with Gasteiger partial charge in [-0.1, -0.05) is 39.3 Å². The van der Waals surface area contributed by atoms with E-state index in [1.54, 1.807) is 11.1 Å². The smallest absolute Gasteiger partial charge is 0.0193 e. The van der Waals surface area contributed by atoms with Gasteiger partial charge in [0.15, 0.2) is 0 Å². The molecule has 0 unspecified atom stereocenters. The molecule has 0 nitrogen and oxygen atoms in total. The third kappa shape index (κ3) is 2.16. The quantitative estimate of drug-likeness (QED) is 0.625. The molecule has 0 aromatic heterocycles. The predicted octanol–water partition coefficient (Wildman–Crippen LogP) is 3.86. The van der Waals surface area contributed by atoms with Gasteiger partial charge in [0.1, 0.15) is 0 Å². The predicted molar refractivity (Wildman–Crippen MR) is 58.3 cm³/mol. The highest BCUT2D eigenvalue weighted by Crippen LogP contribution is 2.30. The minimum Gasteiger partial charge on any atom is -0.130 e. The molecule has 0 saturated carbocycles. The molecule has 0 aliphatic carbocycles. The van der Waals surface area contributed by atoms with E-state index in [2.05, 4.69) is 39.2 Å².